The summed E-state index contributed by atoms with van der Waals surface area (Å²) in [5.41, 5.74) is 0. The van der Waals surface area contributed by atoms with Crippen LogP contribution in [0.4, 0.5) is 0 Å². The highest BCUT2D eigenvalue weighted by Gasteiger charge is 2.59. The highest BCUT2D eigenvalue weighted by molar-refractivity contribution is 6.29. The smallest absolute Gasteiger partial charge is 0.0658 e. The second kappa shape index (κ2) is 2.04. The molecule has 2 saturated carbocycles. The van der Waals surface area contributed by atoms with E-state index in [9.17, 15) is 0 Å². The van der Waals surface area contributed by atoms with E-state index in [0.717, 1.165) is 12.8 Å². The van der Waals surface area contributed by atoms with Crippen molar-refractivity contribution in [3.63, 3.8) is 0 Å². The predicted octanol–water partition coefficient (Wildman–Crippen LogP) is 3.33. The van der Waals surface area contributed by atoms with E-state index < -0.39 is 0 Å². The van der Waals surface area contributed by atoms with Crippen LogP contribution in [0.15, 0.2) is 12.2 Å². The standard InChI is InChI=1S/C10H12Cl2/c11-9-3-5-10(12,6-4-9)8-2-1-7(8)9/h3,5,7-8H,1-2,4,6H2. The molecule has 66 valence electrons. The summed E-state index contributed by atoms with van der Waals surface area (Å²) in [7, 11) is 0. The topological polar surface area (TPSA) is 0 Å². The van der Waals surface area contributed by atoms with Crippen LogP contribution in [0, 0.1) is 11.8 Å². The van der Waals surface area contributed by atoms with E-state index >= 15 is 0 Å². The Kier molecular flexibility index (Phi) is 1.31. The first-order chi connectivity index (χ1) is 5.64. The van der Waals surface area contributed by atoms with Crippen LogP contribution in [0.3, 0.4) is 0 Å². The molecule has 0 radical (unpaired) electrons. The summed E-state index contributed by atoms with van der Waals surface area (Å²) in [6, 6.07) is 0. The van der Waals surface area contributed by atoms with E-state index in [2.05, 4.69) is 12.2 Å². The highest BCUT2D eigenvalue weighted by Crippen LogP contribution is 2.63. The Balaban J connectivity index is 2.09. The van der Waals surface area contributed by atoms with E-state index in [4.69, 9.17) is 23.2 Å². The van der Waals surface area contributed by atoms with Crippen LogP contribution in [-0.2, 0) is 0 Å². The van der Waals surface area contributed by atoms with Crippen molar-refractivity contribution in [2.75, 3.05) is 0 Å². The quantitative estimate of drug-likeness (QED) is 0.418. The van der Waals surface area contributed by atoms with Crippen LogP contribution in [0.2, 0.25) is 0 Å². The normalized spacial score (nSPS) is 61.2. The predicted molar refractivity (Wildman–Crippen MR) is 51.8 cm³/mol. The molecule has 4 aliphatic rings. The van der Waals surface area contributed by atoms with Crippen LogP contribution < -0.4 is 0 Å². The maximum atomic E-state index is 6.51. The Labute approximate surface area is 82.9 Å². The third-order valence-electron chi connectivity index (χ3n) is 4.04. The Bertz CT molecular complexity index is 235. The number of hydrogen-bond donors (Lipinski definition) is 0. The fourth-order valence-corrected chi connectivity index (χ4v) is 3.93. The van der Waals surface area contributed by atoms with E-state index in [1.165, 1.54) is 12.8 Å². The summed E-state index contributed by atoms with van der Waals surface area (Å²) in [5.74, 6) is 1.35. The zero-order valence-electron chi connectivity index (χ0n) is 6.89. The zero-order chi connectivity index (χ0) is 8.40. The minimum Gasteiger partial charge on any atom is -0.114 e. The van der Waals surface area contributed by atoms with Crippen LogP contribution in [0.25, 0.3) is 0 Å². The summed E-state index contributed by atoms with van der Waals surface area (Å²) in [6.07, 6.45) is 9.04. The average molecular weight is 203 g/mol. The van der Waals surface area contributed by atoms with Crippen molar-refractivity contribution in [1.82, 2.24) is 0 Å². The molecule has 4 rings (SSSR count). The molecule has 0 N–H and O–H groups in total. The summed E-state index contributed by atoms with van der Waals surface area (Å²) in [4.78, 5) is -0.0287. The minimum atomic E-state index is -0.0143. The number of rotatable bonds is 0. The highest BCUT2D eigenvalue weighted by atomic mass is 35.5. The van der Waals surface area contributed by atoms with Crippen LogP contribution in [0.1, 0.15) is 25.7 Å². The van der Waals surface area contributed by atoms with Gasteiger partial charge in [0.2, 0.25) is 0 Å². The Morgan fingerprint density at radius 2 is 1.33 bits per heavy atom. The first kappa shape index (κ1) is 7.70. The van der Waals surface area contributed by atoms with Crippen molar-refractivity contribution in [3.05, 3.63) is 12.2 Å². The fourth-order valence-electron chi connectivity index (χ4n) is 3.09. The fraction of sp³-hybridized carbons (Fsp3) is 0.800. The van der Waals surface area contributed by atoms with Gasteiger partial charge >= 0.3 is 0 Å². The van der Waals surface area contributed by atoms with E-state index in [1.807, 2.05) is 0 Å². The van der Waals surface area contributed by atoms with Crippen molar-refractivity contribution in [1.29, 1.82) is 0 Å². The SMILES string of the molecule is ClC12C=CC(Cl)(CC1)C1CCC12. The van der Waals surface area contributed by atoms with Gasteiger partial charge in [0.1, 0.15) is 0 Å². The molecule has 0 aromatic rings. The Morgan fingerprint density at radius 1 is 0.917 bits per heavy atom. The molecule has 0 amide bonds. The lowest BCUT2D eigenvalue weighted by molar-refractivity contribution is 0.0554. The van der Waals surface area contributed by atoms with Crippen molar-refractivity contribution >= 4 is 23.2 Å². The van der Waals surface area contributed by atoms with Gasteiger partial charge < -0.3 is 0 Å². The monoisotopic (exact) mass is 202 g/mol. The van der Waals surface area contributed by atoms with Crippen LogP contribution in [-0.4, -0.2) is 9.75 Å². The molecule has 12 heavy (non-hydrogen) atoms. The van der Waals surface area contributed by atoms with Crippen molar-refractivity contribution in [2.45, 2.75) is 35.4 Å². The molecule has 4 atom stereocenters. The molecule has 2 heteroatoms. The Morgan fingerprint density at radius 3 is 1.58 bits per heavy atom. The molecule has 0 nitrogen and oxygen atoms in total. The largest absolute Gasteiger partial charge is 0.114 e. The number of hydrogen-bond acceptors (Lipinski definition) is 0. The van der Waals surface area contributed by atoms with Gasteiger partial charge in [0.15, 0.2) is 0 Å². The molecule has 4 unspecified atom stereocenters. The second-order valence-electron chi connectivity index (χ2n) is 4.48. The maximum absolute atomic E-state index is 6.51. The Hall–Kier alpha value is 0.320. The zero-order valence-corrected chi connectivity index (χ0v) is 8.41. The molecule has 2 fully saturated rings. The lowest BCUT2D eigenvalue weighted by atomic mass is 9.52. The molecular weight excluding hydrogens is 191 g/mol. The molecular formula is C10H12Cl2. The van der Waals surface area contributed by atoms with E-state index in [1.54, 1.807) is 0 Å². The van der Waals surface area contributed by atoms with Gasteiger partial charge in [0.25, 0.3) is 0 Å². The van der Waals surface area contributed by atoms with Crippen molar-refractivity contribution in [2.24, 2.45) is 11.8 Å². The number of fused-ring (bicyclic) bond motifs is 1. The van der Waals surface area contributed by atoms with Gasteiger partial charge in [-0.05, 0) is 37.5 Å². The van der Waals surface area contributed by atoms with Gasteiger partial charge in [-0.25, -0.2) is 0 Å². The van der Waals surface area contributed by atoms with Gasteiger partial charge in [-0.15, -0.1) is 23.2 Å². The summed E-state index contributed by atoms with van der Waals surface area (Å²) in [5, 5.41) is 0. The van der Waals surface area contributed by atoms with Gasteiger partial charge in [-0.1, -0.05) is 12.2 Å². The lowest BCUT2D eigenvalue weighted by Crippen LogP contribution is -2.58. The summed E-state index contributed by atoms with van der Waals surface area (Å²) >= 11 is 13.0. The average Bonchev–Trinajstić information content (AvgIpc) is 1.92. The van der Waals surface area contributed by atoms with E-state index in [-0.39, 0.29) is 9.75 Å². The second-order valence-corrected chi connectivity index (χ2v) is 5.88. The van der Waals surface area contributed by atoms with Gasteiger partial charge in [-0.2, -0.15) is 0 Å². The molecule has 0 heterocycles. The lowest BCUT2D eigenvalue weighted by Gasteiger charge is -2.59. The number of allylic oxidation sites excluding steroid dienone is 2. The van der Waals surface area contributed by atoms with E-state index in [0.29, 0.717) is 11.8 Å². The number of alkyl halides is 2. The molecule has 0 spiro atoms. The first-order valence-electron chi connectivity index (χ1n) is 4.72. The third-order valence-corrected chi connectivity index (χ3v) is 5.23. The molecule has 2 bridgehead atoms. The van der Waals surface area contributed by atoms with Crippen molar-refractivity contribution < 1.29 is 0 Å². The van der Waals surface area contributed by atoms with Crippen LogP contribution >= 0.6 is 23.2 Å². The molecule has 0 aliphatic heterocycles. The van der Waals surface area contributed by atoms with Gasteiger partial charge in [0, 0.05) is 0 Å². The summed E-state index contributed by atoms with van der Waals surface area (Å²) < 4.78 is 0. The first-order valence-corrected chi connectivity index (χ1v) is 5.48. The summed E-state index contributed by atoms with van der Waals surface area (Å²) in [6.45, 7) is 0. The van der Waals surface area contributed by atoms with Gasteiger partial charge in [0.05, 0.1) is 9.75 Å². The van der Waals surface area contributed by atoms with Crippen LogP contribution in [0.5, 0.6) is 0 Å². The minimum absolute atomic E-state index is 0.0143. The molecule has 4 aliphatic carbocycles. The van der Waals surface area contributed by atoms with Gasteiger partial charge in [-0.3, -0.25) is 0 Å². The molecule has 0 saturated heterocycles. The molecule has 0 aromatic heterocycles. The molecule has 0 aromatic carbocycles. The number of halogens is 2. The maximum Gasteiger partial charge on any atom is 0.0658 e. The third kappa shape index (κ3) is 0.719. The van der Waals surface area contributed by atoms with Crippen molar-refractivity contribution in [3.8, 4) is 0 Å².